The molecule has 3 N–H and O–H groups in total. The van der Waals surface area contributed by atoms with Gasteiger partial charge >= 0.3 is 6.09 Å². The van der Waals surface area contributed by atoms with Crippen LogP contribution in [0.3, 0.4) is 0 Å². The molecule has 3 amide bonds. The number of carbonyl (C=O) groups excluding carboxylic acids is 3. The molecule has 1 aromatic carbocycles. The SMILES string of the molecule is C#CCOc1cccc(C(=O)NCCOCCOCCOCCOCCOCCOCCOCCOCCOCCNC(=O)C(COC(C)(C)C)NC(=O)OC(C)(C)C)c1. The van der Waals surface area contributed by atoms with Crippen LogP contribution < -0.4 is 20.7 Å². The molecule has 0 aliphatic rings. The molecule has 0 aromatic heterocycles. The molecule has 344 valence electrons. The fourth-order valence-electron chi connectivity index (χ4n) is 4.39. The van der Waals surface area contributed by atoms with E-state index >= 15 is 0 Å². The Balaban J connectivity index is 1.82. The predicted octanol–water partition coefficient (Wildman–Crippen LogP) is 2.40. The van der Waals surface area contributed by atoms with Crippen LogP contribution in [0.2, 0.25) is 0 Å². The standard InChI is InChI=1S/C42H71N3O15/c1-8-14-58-36-11-9-10-35(33-36)38(46)43-12-15-49-17-19-51-21-23-53-25-27-55-29-31-57-32-30-56-28-26-54-24-22-52-20-18-50-16-13-44-39(47)37(34-59-41(2,3)4)45-40(48)60-42(5,6)7/h1,9-11,33,37H,12-32,34H2,2-7H3,(H,43,46)(H,44,47)(H,45,48). The molecule has 0 aliphatic heterocycles. The number of rotatable bonds is 37. The molecular formula is C42H71N3O15. The van der Waals surface area contributed by atoms with Gasteiger partial charge in [0.1, 0.15) is 24.0 Å². The number of benzene rings is 1. The second-order valence-electron chi connectivity index (χ2n) is 14.7. The van der Waals surface area contributed by atoms with E-state index < -0.39 is 29.2 Å². The first-order valence-corrected chi connectivity index (χ1v) is 20.4. The minimum atomic E-state index is -0.914. The molecule has 1 aromatic rings. The molecule has 18 heteroatoms. The fraction of sp³-hybridized carbons (Fsp3) is 0.738. The minimum Gasteiger partial charge on any atom is -0.481 e. The summed E-state index contributed by atoms with van der Waals surface area (Å²) in [6.07, 6.45) is 4.50. The summed E-state index contributed by atoms with van der Waals surface area (Å²) in [4.78, 5) is 37.1. The van der Waals surface area contributed by atoms with E-state index in [-0.39, 0.29) is 32.3 Å². The van der Waals surface area contributed by atoms with Gasteiger partial charge < -0.3 is 72.8 Å². The van der Waals surface area contributed by atoms with Crippen molar-refractivity contribution in [2.45, 2.75) is 58.8 Å². The van der Waals surface area contributed by atoms with Crippen LogP contribution in [0.5, 0.6) is 5.75 Å². The Bertz CT molecular complexity index is 1300. The van der Waals surface area contributed by atoms with Gasteiger partial charge in [-0.15, -0.1) is 6.42 Å². The molecule has 18 nitrogen and oxygen atoms in total. The Kier molecular flexibility index (Phi) is 31.8. The molecule has 1 unspecified atom stereocenters. The Morgan fingerprint density at radius 3 is 1.42 bits per heavy atom. The lowest BCUT2D eigenvalue weighted by atomic mass is 10.2. The van der Waals surface area contributed by atoms with Crippen molar-refractivity contribution in [1.82, 2.24) is 16.0 Å². The summed E-state index contributed by atoms with van der Waals surface area (Å²) in [7, 11) is 0. The maximum Gasteiger partial charge on any atom is 0.408 e. The Hall–Kier alpha value is -3.61. The van der Waals surface area contributed by atoms with E-state index in [0.29, 0.717) is 130 Å². The molecule has 0 aliphatic carbocycles. The second kappa shape index (κ2) is 35.0. The molecule has 0 saturated heterocycles. The van der Waals surface area contributed by atoms with E-state index in [4.69, 9.17) is 63.3 Å². The zero-order valence-electron chi connectivity index (χ0n) is 36.6. The molecule has 0 spiro atoms. The maximum atomic E-state index is 12.7. The molecule has 60 heavy (non-hydrogen) atoms. The highest BCUT2D eigenvalue weighted by atomic mass is 16.6. The zero-order chi connectivity index (χ0) is 44.2. The first-order chi connectivity index (χ1) is 28.8. The van der Waals surface area contributed by atoms with Crippen LogP contribution >= 0.6 is 0 Å². The molecule has 0 saturated carbocycles. The molecular weight excluding hydrogens is 786 g/mol. The van der Waals surface area contributed by atoms with E-state index in [0.717, 1.165) is 0 Å². The highest BCUT2D eigenvalue weighted by Gasteiger charge is 2.26. The minimum absolute atomic E-state index is 0.00246. The van der Waals surface area contributed by atoms with Crippen LogP contribution in [0.4, 0.5) is 4.79 Å². The first kappa shape index (κ1) is 54.4. The number of ether oxygens (including phenoxy) is 12. The van der Waals surface area contributed by atoms with Crippen molar-refractivity contribution in [3.63, 3.8) is 0 Å². The Labute approximate surface area is 356 Å². The van der Waals surface area contributed by atoms with Gasteiger partial charge in [-0.05, 0) is 59.7 Å². The Morgan fingerprint density at radius 1 is 0.600 bits per heavy atom. The fourth-order valence-corrected chi connectivity index (χ4v) is 4.39. The lowest BCUT2D eigenvalue weighted by Crippen LogP contribution is -2.51. The number of hydrogen-bond donors (Lipinski definition) is 3. The van der Waals surface area contributed by atoms with Crippen LogP contribution in [0.1, 0.15) is 51.9 Å². The molecule has 1 rings (SSSR count). The van der Waals surface area contributed by atoms with Crippen LogP contribution in [0, 0.1) is 12.3 Å². The smallest absolute Gasteiger partial charge is 0.408 e. The zero-order valence-corrected chi connectivity index (χ0v) is 36.6. The highest BCUT2D eigenvalue weighted by Crippen LogP contribution is 2.13. The third kappa shape index (κ3) is 34.1. The Morgan fingerprint density at radius 2 is 1.02 bits per heavy atom. The third-order valence-electron chi connectivity index (χ3n) is 7.16. The van der Waals surface area contributed by atoms with Crippen LogP contribution in [-0.4, -0.2) is 180 Å². The molecule has 0 fully saturated rings. The summed E-state index contributed by atoms with van der Waals surface area (Å²) < 4.78 is 65.7. The van der Waals surface area contributed by atoms with Crippen LogP contribution in [0.15, 0.2) is 24.3 Å². The average molecular weight is 858 g/mol. The van der Waals surface area contributed by atoms with E-state index in [2.05, 4.69) is 21.9 Å². The van der Waals surface area contributed by atoms with Gasteiger partial charge in [0.25, 0.3) is 5.91 Å². The van der Waals surface area contributed by atoms with Gasteiger partial charge in [-0.3, -0.25) is 9.59 Å². The van der Waals surface area contributed by atoms with E-state index in [1.807, 2.05) is 20.8 Å². The van der Waals surface area contributed by atoms with Gasteiger partial charge in [-0.1, -0.05) is 12.0 Å². The summed E-state index contributed by atoms with van der Waals surface area (Å²) in [5.74, 6) is 2.32. The van der Waals surface area contributed by atoms with E-state index in [9.17, 15) is 14.4 Å². The number of terminal acetylenes is 1. The summed E-state index contributed by atoms with van der Waals surface area (Å²) in [5.41, 5.74) is -0.690. The van der Waals surface area contributed by atoms with Gasteiger partial charge in [-0.25, -0.2) is 4.79 Å². The quantitative estimate of drug-likeness (QED) is 0.0651. The average Bonchev–Trinajstić information content (AvgIpc) is 3.19. The normalized spacial score (nSPS) is 12.1. The number of carbonyl (C=O) groups is 3. The summed E-state index contributed by atoms with van der Waals surface area (Å²) in [6, 6.07) is 5.90. The molecule has 0 heterocycles. The summed E-state index contributed by atoms with van der Waals surface area (Å²) in [6.45, 7) is 19.2. The van der Waals surface area contributed by atoms with Crippen LogP contribution in [-0.2, 0) is 56.9 Å². The lowest BCUT2D eigenvalue weighted by molar-refractivity contribution is -0.126. The monoisotopic (exact) mass is 857 g/mol. The second-order valence-corrected chi connectivity index (χ2v) is 14.7. The summed E-state index contributed by atoms with van der Waals surface area (Å²) in [5, 5.41) is 8.11. The number of alkyl carbamates (subject to hydrolysis) is 1. The van der Waals surface area contributed by atoms with Crippen molar-refractivity contribution in [1.29, 1.82) is 0 Å². The highest BCUT2D eigenvalue weighted by molar-refractivity contribution is 5.94. The number of amides is 3. The summed E-state index contributed by atoms with van der Waals surface area (Å²) >= 11 is 0. The van der Waals surface area contributed by atoms with Crippen molar-refractivity contribution < 1.29 is 71.2 Å². The largest absolute Gasteiger partial charge is 0.481 e. The van der Waals surface area contributed by atoms with Crippen molar-refractivity contribution in [2.75, 3.05) is 145 Å². The van der Waals surface area contributed by atoms with Crippen LogP contribution in [0.25, 0.3) is 0 Å². The maximum absolute atomic E-state index is 12.7. The molecule has 0 radical (unpaired) electrons. The van der Waals surface area contributed by atoms with Gasteiger partial charge in [0.05, 0.1) is 131 Å². The van der Waals surface area contributed by atoms with Gasteiger partial charge in [0, 0.05) is 18.7 Å². The first-order valence-electron chi connectivity index (χ1n) is 20.4. The van der Waals surface area contributed by atoms with Gasteiger partial charge in [-0.2, -0.15) is 0 Å². The predicted molar refractivity (Wildman–Crippen MR) is 222 cm³/mol. The number of hydrogen-bond acceptors (Lipinski definition) is 15. The lowest BCUT2D eigenvalue weighted by Gasteiger charge is -2.26. The molecule has 0 bridgehead atoms. The van der Waals surface area contributed by atoms with Crippen molar-refractivity contribution in [3.8, 4) is 18.1 Å². The molecule has 1 atom stereocenters. The van der Waals surface area contributed by atoms with Gasteiger partial charge in [0.2, 0.25) is 5.91 Å². The number of nitrogens with one attached hydrogen (secondary N) is 3. The van der Waals surface area contributed by atoms with Crippen molar-refractivity contribution in [3.05, 3.63) is 29.8 Å². The van der Waals surface area contributed by atoms with Crippen molar-refractivity contribution >= 4 is 17.9 Å². The third-order valence-corrected chi connectivity index (χ3v) is 7.16. The van der Waals surface area contributed by atoms with E-state index in [1.165, 1.54) is 0 Å². The van der Waals surface area contributed by atoms with Crippen molar-refractivity contribution in [2.24, 2.45) is 0 Å². The topological polar surface area (TPSA) is 198 Å². The van der Waals surface area contributed by atoms with E-state index in [1.54, 1.807) is 45.0 Å². The van der Waals surface area contributed by atoms with Gasteiger partial charge in [0.15, 0.2) is 0 Å².